The van der Waals surface area contributed by atoms with Gasteiger partial charge in [0, 0.05) is 30.9 Å². The van der Waals surface area contributed by atoms with Crippen molar-refractivity contribution in [1.29, 1.82) is 0 Å². The van der Waals surface area contributed by atoms with E-state index in [2.05, 4.69) is 4.98 Å². The van der Waals surface area contributed by atoms with Gasteiger partial charge in [-0.05, 0) is 18.6 Å². The molecule has 24 heavy (non-hydrogen) atoms. The minimum Gasteiger partial charge on any atom is -0.438 e. The molecule has 0 atom stereocenters. The molecular formula is C19H18N2O3. The number of rotatable bonds is 2. The zero-order valence-corrected chi connectivity index (χ0v) is 13.5. The SMILES string of the molecule is Cc1ccccc1-c1nccc2c(=O)cc(N3CCOCC3)oc12. The summed E-state index contributed by atoms with van der Waals surface area (Å²) in [4.78, 5) is 19.1. The molecule has 3 heterocycles. The minimum atomic E-state index is -0.0463. The number of aryl methyl sites for hydroxylation is 1. The number of benzene rings is 1. The summed E-state index contributed by atoms with van der Waals surface area (Å²) in [6.07, 6.45) is 1.66. The Morgan fingerprint density at radius 3 is 2.71 bits per heavy atom. The summed E-state index contributed by atoms with van der Waals surface area (Å²) in [6.45, 7) is 4.74. The van der Waals surface area contributed by atoms with E-state index in [1.165, 1.54) is 0 Å². The number of hydrogen-bond acceptors (Lipinski definition) is 5. The molecule has 0 amide bonds. The molecule has 0 bridgehead atoms. The van der Waals surface area contributed by atoms with E-state index in [0.29, 0.717) is 48.9 Å². The van der Waals surface area contributed by atoms with Gasteiger partial charge in [0.2, 0.25) is 0 Å². The van der Waals surface area contributed by atoms with Crippen molar-refractivity contribution in [2.45, 2.75) is 6.92 Å². The Balaban J connectivity index is 1.93. The van der Waals surface area contributed by atoms with Crippen molar-refractivity contribution in [2.75, 3.05) is 31.2 Å². The third-order valence-electron chi connectivity index (χ3n) is 4.35. The molecule has 1 aliphatic rings. The third-order valence-corrected chi connectivity index (χ3v) is 4.35. The van der Waals surface area contributed by atoms with E-state index in [-0.39, 0.29) is 5.43 Å². The summed E-state index contributed by atoms with van der Waals surface area (Å²) in [7, 11) is 0. The zero-order chi connectivity index (χ0) is 16.5. The quantitative estimate of drug-likeness (QED) is 0.726. The van der Waals surface area contributed by atoms with Crippen LogP contribution in [0.15, 0.2) is 51.8 Å². The van der Waals surface area contributed by atoms with E-state index in [4.69, 9.17) is 9.15 Å². The molecule has 3 aromatic rings. The molecule has 0 spiro atoms. The lowest BCUT2D eigenvalue weighted by atomic mass is 10.0. The van der Waals surface area contributed by atoms with Crippen LogP contribution in [0.5, 0.6) is 0 Å². The van der Waals surface area contributed by atoms with Gasteiger partial charge in [-0.15, -0.1) is 0 Å². The second-order valence-electron chi connectivity index (χ2n) is 5.90. The van der Waals surface area contributed by atoms with Crippen LogP contribution in [0.1, 0.15) is 5.56 Å². The van der Waals surface area contributed by atoms with Crippen molar-refractivity contribution in [3.8, 4) is 11.3 Å². The number of fused-ring (bicyclic) bond motifs is 1. The van der Waals surface area contributed by atoms with Gasteiger partial charge in [-0.1, -0.05) is 24.3 Å². The average Bonchev–Trinajstić information content (AvgIpc) is 2.63. The molecule has 0 aliphatic carbocycles. The number of aromatic nitrogens is 1. The monoisotopic (exact) mass is 322 g/mol. The molecule has 0 unspecified atom stereocenters. The molecule has 1 saturated heterocycles. The van der Waals surface area contributed by atoms with Crippen LogP contribution in [-0.2, 0) is 4.74 Å². The van der Waals surface area contributed by atoms with Crippen LogP contribution in [0.25, 0.3) is 22.2 Å². The van der Waals surface area contributed by atoms with Crippen LogP contribution in [0.4, 0.5) is 5.88 Å². The van der Waals surface area contributed by atoms with E-state index in [1.807, 2.05) is 36.1 Å². The number of nitrogens with zero attached hydrogens (tertiary/aromatic N) is 2. The molecule has 5 nitrogen and oxygen atoms in total. The molecule has 4 rings (SSSR count). The highest BCUT2D eigenvalue weighted by Gasteiger charge is 2.18. The lowest BCUT2D eigenvalue weighted by Crippen LogP contribution is -2.36. The highest BCUT2D eigenvalue weighted by molar-refractivity contribution is 5.90. The van der Waals surface area contributed by atoms with Crippen molar-refractivity contribution < 1.29 is 9.15 Å². The first-order valence-electron chi connectivity index (χ1n) is 8.05. The van der Waals surface area contributed by atoms with E-state index in [1.54, 1.807) is 18.3 Å². The average molecular weight is 322 g/mol. The van der Waals surface area contributed by atoms with Crippen molar-refractivity contribution in [3.63, 3.8) is 0 Å². The molecule has 122 valence electrons. The summed E-state index contributed by atoms with van der Waals surface area (Å²) < 4.78 is 11.5. The highest BCUT2D eigenvalue weighted by Crippen LogP contribution is 2.30. The predicted molar refractivity (Wildman–Crippen MR) is 93.5 cm³/mol. The Morgan fingerprint density at radius 2 is 1.92 bits per heavy atom. The van der Waals surface area contributed by atoms with E-state index < -0.39 is 0 Å². The first-order valence-corrected chi connectivity index (χ1v) is 8.05. The fourth-order valence-corrected chi connectivity index (χ4v) is 3.04. The lowest BCUT2D eigenvalue weighted by Gasteiger charge is -2.27. The lowest BCUT2D eigenvalue weighted by molar-refractivity contribution is 0.121. The van der Waals surface area contributed by atoms with E-state index in [9.17, 15) is 4.79 Å². The second-order valence-corrected chi connectivity index (χ2v) is 5.90. The third kappa shape index (κ3) is 2.57. The standard InChI is InChI=1S/C19H18N2O3/c1-13-4-2-3-5-14(13)18-19-15(6-7-20-18)16(22)12-17(24-19)21-8-10-23-11-9-21/h2-7,12H,8-11H2,1H3. The van der Waals surface area contributed by atoms with Crippen molar-refractivity contribution >= 4 is 16.9 Å². The van der Waals surface area contributed by atoms with Crippen LogP contribution in [0, 0.1) is 6.92 Å². The van der Waals surface area contributed by atoms with Gasteiger partial charge in [-0.2, -0.15) is 0 Å². The Labute approximate surface area is 139 Å². The molecule has 1 fully saturated rings. The number of ether oxygens (including phenoxy) is 1. The number of anilines is 1. The highest BCUT2D eigenvalue weighted by atomic mass is 16.5. The van der Waals surface area contributed by atoms with Gasteiger partial charge in [-0.3, -0.25) is 9.78 Å². The van der Waals surface area contributed by atoms with Gasteiger partial charge >= 0.3 is 0 Å². The smallest absolute Gasteiger partial charge is 0.200 e. The topological polar surface area (TPSA) is 55.6 Å². The fourth-order valence-electron chi connectivity index (χ4n) is 3.04. The minimum absolute atomic E-state index is 0.0463. The molecule has 5 heteroatoms. The van der Waals surface area contributed by atoms with Crippen molar-refractivity contribution in [3.05, 3.63) is 58.4 Å². The first-order chi connectivity index (χ1) is 11.7. The van der Waals surface area contributed by atoms with Crippen LogP contribution >= 0.6 is 0 Å². The zero-order valence-electron chi connectivity index (χ0n) is 13.5. The van der Waals surface area contributed by atoms with Crippen LogP contribution < -0.4 is 10.3 Å². The van der Waals surface area contributed by atoms with Crippen molar-refractivity contribution in [2.24, 2.45) is 0 Å². The number of pyridine rings is 1. The predicted octanol–water partition coefficient (Wildman–Crippen LogP) is 3.00. The van der Waals surface area contributed by atoms with Gasteiger partial charge in [-0.25, -0.2) is 0 Å². The molecular weight excluding hydrogens is 304 g/mol. The molecule has 1 aromatic carbocycles. The molecule has 2 aromatic heterocycles. The number of morpholine rings is 1. The Morgan fingerprint density at radius 1 is 1.12 bits per heavy atom. The summed E-state index contributed by atoms with van der Waals surface area (Å²) in [5.74, 6) is 0.582. The molecule has 0 N–H and O–H groups in total. The summed E-state index contributed by atoms with van der Waals surface area (Å²) in [5.41, 5.74) is 3.27. The number of hydrogen-bond donors (Lipinski definition) is 0. The summed E-state index contributed by atoms with van der Waals surface area (Å²) in [6, 6.07) is 11.3. The summed E-state index contributed by atoms with van der Waals surface area (Å²) >= 11 is 0. The normalized spacial score (nSPS) is 15.0. The molecule has 0 radical (unpaired) electrons. The van der Waals surface area contributed by atoms with Gasteiger partial charge in [0.25, 0.3) is 0 Å². The Bertz CT molecular complexity index is 943. The maximum absolute atomic E-state index is 12.6. The van der Waals surface area contributed by atoms with Crippen LogP contribution in [0.2, 0.25) is 0 Å². The largest absolute Gasteiger partial charge is 0.438 e. The van der Waals surface area contributed by atoms with Crippen molar-refractivity contribution in [1.82, 2.24) is 4.98 Å². The molecule has 0 saturated carbocycles. The van der Waals surface area contributed by atoms with Crippen LogP contribution in [0.3, 0.4) is 0 Å². The van der Waals surface area contributed by atoms with Gasteiger partial charge in [0.15, 0.2) is 16.9 Å². The van der Waals surface area contributed by atoms with E-state index in [0.717, 1.165) is 11.1 Å². The summed E-state index contributed by atoms with van der Waals surface area (Å²) in [5, 5.41) is 0.556. The van der Waals surface area contributed by atoms with E-state index >= 15 is 0 Å². The van der Waals surface area contributed by atoms with Gasteiger partial charge in [0.05, 0.1) is 18.6 Å². The maximum atomic E-state index is 12.6. The molecule has 1 aliphatic heterocycles. The first kappa shape index (κ1) is 14.9. The Kier molecular flexibility index (Phi) is 3.78. The van der Waals surface area contributed by atoms with Crippen LogP contribution in [-0.4, -0.2) is 31.3 Å². The fraction of sp³-hybridized carbons (Fsp3) is 0.263. The second kappa shape index (κ2) is 6.09. The van der Waals surface area contributed by atoms with Gasteiger partial charge in [0.1, 0.15) is 5.69 Å². The Hall–Kier alpha value is -2.66. The maximum Gasteiger partial charge on any atom is 0.200 e. The van der Waals surface area contributed by atoms with Gasteiger partial charge < -0.3 is 14.1 Å².